The van der Waals surface area contributed by atoms with Crippen LogP contribution in [0.5, 0.6) is 11.5 Å². The van der Waals surface area contributed by atoms with Gasteiger partial charge in [-0.25, -0.2) is 9.59 Å². The standard InChI is InChI=1S/C20H15ClN2O5/c1-26-17-9-18(27-2)15(8-13(17)21)23-10-14(22-20(23)25)12-7-11-5-3-4-6-16(11)28-19(12)24/h3-10H,1-2H3,(H,22,25). The molecule has 0 unspecified atom stereocenters. The van der Waals surface area contributed by atoms with Crippen molar-refractivity contribution in [2.75, 3.05) is 14.2 Å². The van der Waals surface area contributed by atoms with E-state index in [0.29, 0.717) is 33.5 Å². The number of methoxy groups -OCH3 is 2. The zero-order chi connectivity index (χ0) is 19.8. The Labute approximate surface area is 163 Å². The number of imidazole rings is 1. The van der Waals surface area contributed by atoms with Crippen molar-refractivity contribution in [1.29, 1.82) is 0 Å². The molecule has 7 nitrogen and oxygen atoms in total. The first-order valence-corrected chi connectivity index (χ1v) is 8.66. The Morgan fingerprint density at radius 3 is 2.54 bits per heavy atom. The molecule has 0 fully saturated rings. The van der Waals surface area contributed by atoms with Crippen molar-refractivity contribution >= 4 is 22.6 Å². The van der Waals surface area contributed by atoms with Crippen LogP contribution in [0.15, 0.2) is 62.7 Å². The van der Waals surface area contributed by atoms with Crippen molar-refractivity contribution < 1.29 is 13.9 Å². The van der Waals surface area contributed by atoms with E-state index in [-0.39, 0.29) is 5.56 Å². The van der Waals surface area contributed by atoms with Crippen LogP contribution in [0.4, 0.5) is 0 Å². The first-order chi connectivity index (χ1) is 13.5. The number of H-pyrrole nitrogens is 1. The number of fused-ring (bicyclic) bond motifs is 1. The molecule has 0 bridgehead atoms. The third-order valence-electron chi connectivity index (χ3n) is 4.36. The summed E-state index contributed by atoms with van der Waals surface area (Å²) < 4.78 is 17.2. The summed E-state index contributed by atoms with van der Waals surface area (Å²) in [5.74, 6) is 0.806. The second-order valence-corrected chi connectivity index (χ2v) is 6.39. The van der Waals surface area contributed by atoms with Gasteiger partial charge in [0.1, 0.15) is 17.1 Å². The molecule has 28 heavy (non-hydrogen) atoms. The van der Waals surface area contributed by atoms with Gasteiger partial charge in [-0.05, 0) is 18.2 Å². The van der Waals surface area contributed by atoms with Crippen LogP contribution >= 0.6 is 11.6 Å². The van der Waals surface area contributed by atoms with E-state index in [1.807, 2.05) is 12.1 Å². The van der Waals surface area contributed by atoms with E-state index in [1.54, 1.807) is 30.3 Å². The predicted octanol–water partition coefficient (Wildman–Crippen LogP) is 3.61. The second-order valence-electron chi connectivity index (χ2n) is 5.99. The number of rotatable bonds is 4. The Morgan fingerprint density at radius 2 is 1.79 bits per heavy atom. The zero-order valence-electron chi connectivity index (χ0n) is 15.0. The van der Waals surface area contributed by atoms with E-state index in [0.717, 1.165) is 5.39 Å². The van der Waals surface area contributed by atoms with Crippen molar-refractivity contribution in [2.24, 2.45) is 0 Å². The lowest BCUT2D eigenvalue weighted by molar-refractivity contribution is 0.393. The van der Waals surface area contributed by atoms with E-state index in [4.69, 9.17) is 25.5 Å². The van der Waals surface area contributed by atoms with Crippen LogP contribution in [-0.2, 0) is 0 Å². The Balaban J connectivity index is 1.89. The molecule has 2 aromatic carbocycles. The van der Waals surface area contributed by atoms with Gasteiger partial charge in [-0.2, -0.15) is 0 Å². The molecular weight excluding hydrogens is 384 g/mol. The lowest BCUT2D eigenvalue weighted by Crippen LogP contribution is -2.15. The molecule has 0 aliphatic rings. The highest BCUT2D eigenvalue weighted by Gasteiger charge is 2.17. The van der Waals surface area contributed by atoms with Crippen LogP contribution in [0.1, 0.15) is 0 Å². The molecule has 142 valence electrons. The van der Waals surface area contributed by atoms with Gasteiger partial charge in [0.25, 0.3) is 0 Å². The third-order valence-corrected chi connectivity index (χ3v) is 4.66. The van der Waals surface area contributed by atoms with Gasteiger partial charge >= 0.3 is 11.3 Å². The summed E-state index contributed by atoms with van der Waals surface area (Å²) in [6, 6.07) is 12.0. The minimum absolute atomic E-state index is 0.244. The number of aromatic amines is 1. The first kappa shape index (κ1) is 17.9. The van der Waals surface area contributed by atoms with Crippen LogP contribution in [0.25, 0.3) is 27.9 Å². The molecule has 0 aliphatic carbocycles. The Kier molecular flexibility index (Phi) is 4.44. The number of nitrogens with zero attached hydrogens (tertiary/aromatic N) is 1. The van der Waals surface area contributed by atoms with Gasteiger partial charge in [0.05, 0.1) is 36.2 Å². The van der Waals surface area contributed by atoms with Gasteiger partial charge in [-0.15, -0.1) is 0 Å². The maximum absolute atomic E-state index is 12.6. The van der Waals surface area contributed by atoms with Crippen molar-refractivity contribution in [1.82, 2.24) is 9.55 Å². The topological polar surface area (TPSA) is 86.5 Å². The van der Waals surface area contributed by atoms with Gasteiger partial charge in [0, 0.05) is 17.6 Å². The van der Waals surface area contributed by atoms with E-state index in [2.05, 4.69) is 4.98 Å². The van der Waals surface area contributed by atoms with Crippen LogP contribution in [0.3, 0.4) is 0 Å². The number of benzene rings is 2. The second kappa shape index (κ2) is 6.94. The zero-order valence-corrected chi connectivity index (χ0v) is 15.7. The molecule has 0 aliphatic heterocycles. The lowest BCUT2D eigenvalue weighted by atomic mass is 10.1. The first-order valence-electron chi connectivity index (χ1n) is 8.28. The van der Waals surface area contributed by atoms with Gasteiger partial charge in [0.15, 0.2) is 0 Å². The lowest BCUT2D eigenvalue weighted by Gasteiger charge is -2.11. The molecular formula is C20H15ClN2O5. The molecule has 4 rings (SSSR count). The van der Waals surface area contributed by atoms with Crippen molar-refractivity contribution in [3.05, 3.63) is 74.6 Å². The van der Waals surface area contributed by atoms with E-state index < -0.39 is 11.3 Å². The molecule has 2 heterocycles. The Hall–Kier alpha value is -3.45. The molecule has 0 saturated heterocycles. The van der Waals surface area contributed by atoms with E-state index >= 15 is 0 Å². The van der Waals surface area contributed by atoms with Crippen LogP contribution < -0.4 is 20.8 Å². The molecule has 0 amide bonds. The van der Waals surface area contributed by atoms with Gasteiger partial charge < -0.3 is 18.9 Å². The van der Waals surface area contributed by atoms with Gasteiger partial charge in [0.2, 0.25) is 0 Å². The smallest absolute Gasteiger partial charge is 0.345 e. The van der Waals surface area contributed by atoms with Crippen LogP contribution in [0.2, 0.25) is 5.02 Å². The minimum Gasteiger partial charge on any atom is -0.495 e. The fourth-order valence-electron chi connectivity index (χ4n) is 2.99. The summed E-state index contributed by atoms with van der Waals surface area (Å²) >= 11 is 6.20. The highest BCUT2D eigenvalue weighted by atomic mass is 35.5. The predicted molar refractivity (Wildman–Crippen MR) is 106 cm³/mol. The van der Waals surface area contributed by atoms with Crippen LogP contribution in [0, 0.1) is 0 Å². The Bertz CT molecular complexity index is 1300. The highest BCUT2D eigenvalue weighted by molar-refractivity contribution is 6.32. The third kappa shape index (κ3) is 2.95. The fraction of sp³-hybridized carbons (Fsp3) is 0.100. The minimum atomic E-state index is -0.549. The average Bonchev–Trinajstić information content (AvgIpc) is 3.08. The molecule has 0 radical (unpaired) electrons. The number of aromatic nitrogens is 2. The molecule has 0 spiro atoms. The van der Waals surface area contributed by atoms with Crippen molar-refractivity contribution in [3.63, 3.8) is 0 Å². The van der Waals surface area contributed by atoms with Crippen molar-refractivity contribution in [2.45, 2.75) is 0 Å². The normalized spacial score (nSPS) is 11.0. The molecule has 0 atom stereocenters. The number of hydrogen-bond acceptors (Lipinski definition) is 5. The summed E-state index contributed by atoms with van der Waals surface area (Å²) in [5, 5.41) is 1.06. The van der Waals surface area contributed by atoms with Crippen molar-refractivity contribution in [3.8, 4) is 28.4 Å². The molecule has 0 saturated carbocycles. The molecule has 1 N–H and O–H groups in total. The summed E-state index contributed by atoms with van der Waals surface area (Å²) in [5.41, 5.74) is 0.438. The van der Waals surface area contributed by atoms with Gasteiger partial charge in [-0.1, -0.05) is 29.8 Å². The molecule has 2 aromatic heterocycles. The summed E-state index contributed by atoms with van der Waals surface area (Å²) in [6.07, 6.45) is 1.50. The van der Waals surface area contributed by atoms with Gasteiger partial charge in [-0.3, -0.25) is 4.57 Å². The highest BCUT2D eigenvalue weighted by Crippen LogP contribution is 2.34. The summed E-state index contributed by atoms with van der Waals surface area (Å²) in [7, 11) is 2.96. The summed E-state index contributed by atoms with van der Waals surface area (Å²) in [6.45, 7) is 0. The van der Waals surface area contributed by atoms with E-state index in [1.165, 1.54) is 25.0 Å². The average molecular weight is 399 g/mol. The quantitative estimate of drug-likeness (QED) is 0.531. The molecule has 8 heteroatoms. The summed E-state index contributed by atoms with van der Waals surface area (Å²) in [4.78, 5) is 27.6. The number of halogens is 1. The number of nitrogens with one attached hydrogen (secondary N) is 1. The number of para-hydroxylation sites is 1. The Morgan fingerprint density at radius 1 is 1.04 bits per heavy atom. The van der Waals surface area contributed by atoms with E-state index in [9.17, 15) is 9.59 Å². The monoisotopic (exact) mass is 398 g/mol. The number of ether oxygens (including phenoxy) is 2. The fourth-order valence-corrected chi connectivity index (χ4v) is 3.23. The number of hydrogen-bond donors (Lipinski definition) is 1. The largest absolute Gasteiger partial charge is 0.495 e. The van der Waals surface area contributed by atoms with Crippen LogP contribution in [-0.4, -0.2) is 23.8 Å². The SMILES string of the molecule is COc1cc(OC)c(-n2cc(-c3cc4ccccc4oc3=O)[nH]c2=O)cc1Cl. The maximum Gasteiger partial charge on any atom is 0.345 e. The maximum atomic E-state index is 12.6. The molecule has 4 aromatic rings.